The van der Waals surface area contributed by atoms with Crippen molar-refractivity contribution in [3.05, 3.63) is 47.8 Å². The molecule has 2 aromatic rings. The smallest absolute Gasteiger partial charge is 0.0871 e. The standard InChI is InChI=1S/C14H16N4/c1-2-4-13(5-3-1)18-14(11-16-17-18)10-12-6-8-15-9-7-12/h1-5,10-11,15H,6-9H2. The van der Waals surface area contributed by atoms with Crippen molar-refractivity contribution in [3.63, 3.8) is 0 Å². The van der Waals surface area contributed by atoms with E-state index in [1.165, 1.54) is 5.57 Å². The number of para-hydroxylation sites is 1. The summed E-state index contributed by atoms with van der Waals surface area (Å²) in [6.07, 6.45) is 6.26. The number of nitrogens with zero attached hydrogens (tertiary/aromatic N) is 3. The molecule has 1 fully saturated rings. The topological polar surface area (TPSA) is 42.7 Å². The van der Waals surface area contributed by atoms with Gasteiger partial charge in [-0.1, -0.05) is 29.0 Å². The van der Waals surface area contributed by atoms with E-state index in [0.717, 1.165) is 37.3 Å². The van der Waals surface area contributed by atoms with Crippen LogP contribution in [0, 0.1) is 0 Å². The van der Waals surface area contributed by atoms with Crippen LogP contribution in [0.1, 0.15) is 18.5 Å². The lowest BCUT2D eigenvalue weighted by atomic mass is 10.0. The Hall–Kier alpha value is -1.94. The molecule has 3 rings (SSSR count). The summed E-state index contributed by atoms with van der Waals surface area (Å²) in [5, 5.41) is 11.5. The van der Waals surface area contributed by atoms with E-state index in [4.69, 9.17) is 0 Å². The number of piperidine rings is 1. The Morgan fingerprint density at radius 1 is 1.11 bits per heavy atom. The van der Waals surface area contributed by atoms with Crippen molar-refractivity contribution in [1.29, 1.82) is 0 Å². The highest BCUT2D eigenvalue weighted by molar-refractivity contribution is 5.51. The average molecular weight is 240 g/mol. The van der Waals surface area contributed by atoms with Crippen LogP contribution in [0.3, 0.4) is 0 Å². The molecule has 1 aromatic heterocycles. The summed E-state index contributed by atoms with van der Waals surface area (Å²) in [4.78, 5) is 0. The Morgan fingerprint density at radius 3 is 2.67 bits per heavy atom. The Balaban J connectivity index is 1.92. The molecule has 0 amide bonds. The van der Waals surface area contributed by atoms with Gasteiger partial charge in [-0.15, -0.1) is 5.10 Å². The van der Waals surface area contributed by atoms with Crippen LogP contribution in [0.25, 0.3) is 11.8 Å². The molecule has 4 heteroatoms. The summed E-state index contributed by atoms with van der Waals surface area (Å²) in [5.41, 5.74) is 3.57. The monoisotopic (exact) mass is 240 g/mol. The first-order chi connectivity index (χ1) is 8.93. The van der Waals surface area contributed by atoms with Crippen molar-refractivity contribution in [2.75, 3.05) is 13.1 Å². The third kappa shape index (κ3) is 2.33. The molecular formula is C14H16N4. The molecule has 1 aromatic carbocycles. The van der Waals surface area contributed by atoms with Gasteiger partial charge >= 0.3 is 0 Å². The quantitative estimate of drug-likeness (QED) is 0.873. The Bertz CT molecular complexity index is 534. The van der Waals surface area contributed by atoms with Crippen molar-refractivity contribution in [2.24, 2.45) is 0 Å². The number of hydrogen-bond donors (Lipinski definition) is 1. The predicted octanol–water partition coefficient (Wildman–Crippen LogP) is 2.03. The van der Waals surface area contributed by atoms with Crippen LogP contribution in [0.4, 0.5) is 0 Å². The van der Waals surface area contributed by atoms with Gasteiger partial charge in [0.1, 0.15) is 0 Å². The summed E-state index contributed by atoms with van der Waals surface area (Å²) in [7, 11) is 0. The number of rotatable bonds is 2. The lowest BCUT2D eigenvalue weighted by molar-refractivity contribution is 0.613. The number of benzene rings is 1. The van der Waals surface area contributed by atoms with E-state index in [0.29, 0.717) is 0 Å². The molecule has 92 valence electrons. The molecule has 0 unspecified atom stereocenters. The first-order valence-electron chi connectivity index (χ1n) is 6.30. The molecule has 0 aliphatic carbocycles. The van der Waals surface area contributed by atoms with Crippen molar-refractivity contribution < 1.29 is 0 Å². The largest absolute Gasteiger partial charge is 0.316 e. The van der Waals surface area contributed by atoms with Crippen LogP contribution in [0.5, 0.6) is 0 Å². The molecule has 0 saturated carbocycles. The maximum absolute atomic E-state index is 4.16. The molecule has 1 aliphatic rings. The van der Waals surface area contributed by atoms with Gasteiger partial charge in [0, 0.05) is 0 Å². The Labute approximate surface area is 106 Å². The fourth-order valence-electron chi connectivity index (χ4n) is 2.21. The van der Waals surface area contributed by atoms with Gasteiger partial charge in [-0.2, -0.15) is 0 Å². The van der Waals surface area contributed by atoms with Gasteiger partial charge in [-0.3, -0.25) is 0 Å². The molecular weight excluding hydrogens is 224 g/mol. The van der Waals surface area contributed by atoms with Crippen LogP contribution < -0.4 is 5.32 Å². The summed E-state index contributed by atoms with van der Waals surface area (Å²) >= 11 is 0. The van der Waals surface area contributed by atoms with Gasteiger partial charge in [0.2, 0.25) is 0 Å². The van der Waals surface area contributed by atoms with Crippen LogP contribution in [0.15, 0.2) is 42.1 Å². The van der Waals surface area contributed by atoms with Gasteiger partial charge < -0.3 is 5.32 Å². The zero-order chi connectivity index (χ0) is 12.2. The van der Waals surface area contributed by atoms with E-state index in [2.05, 4.69) is 21.7 Å². The molecule has 0 atom stereocenters. The van der Waals surface area contributed by atoms with Crippen molar-refractivity contribution in [1.82, 2.24) is 20.3 Å². The zero-order valence-electron chi connectivity index (χ0n) is 10.2. The molecule has 1 N–H and O–H groups in total. The molecule has 0 radical (unpaired) electrons. The predicted molar refractivity (Wildman–Crippen MR) is 71.4 cm³/mol. The van der Waals surface area contributed by atoms with Crippen LogP contribution in [-0.2, 0) is 0 Å². The summed E-state index contributed by atoms with van der Waals surface area (Å²) in [5.74, 6) is 0. The second-order valence-electron chi connectivity index (χ2n) is 4.46. The lowest BCUT2D eigenvalue weighted by Gasteiger charge is -2.15. The maximum atomic E-state index is 4.16. The van der Waals surface area contributed by atoms with Crippen LogP contribution in [-0.4, -0.2) is 28.1 Å². The summed E-state index contributed by atoms with van der Waals surface area (Å²) < 4.78 is 1.88. The minimum absolute atomic E-state index is 1.05. The van der Waals surface area contributed by atoms with E-state index in [1.807, 2.05) is 41.2 Å². The molecule has 4 nitrogen and oxygen atoms in total. The fraction of sp³-hybridized carbons (Fsp3) is 0.286. The summed E-state index contributed by atoms with van der Waals surface area (Å²) in [6, 6.07) is 10.1. The molecule has 18 heavy (non-hydrogen) atoms. The van der Waals surface area contributed by atoms with Crippen molar-refractivity contribution >= 4 is 6.08 Å². The first-order valence-corrected chi connectivity index (χ1v) is 6.30. The van der Waals surface area contributed by atoms with E-state index in [-0.39, 0.29) is 0 Å². The SMILES string of the molecule is C(=C1CCNCC1)c1cnnn1-c1ccccc1. The Morgan fingerprint density at radius 2 is 1.89 bits per heavy atom. The summed E-state index contributed by atoms with van der Waals surface area (Å²) in [6.45, 7) is 2.14. The van der Waals surface area contributed by atoms with Gasteiger partial charge in [0.05, 0.1) is 17.6 Å². The molecule has 0 bridgehead atoms. The second-order valence-corrected chi connectivity index (χ2v) is 4.46. The average Bonchev–Trinajstić information content (AvgIpc) is 2.89. The van der Waals surface area contributed by atoms with E-state index < -0.39 is 0 Å². The fourth-order valence-corrected chi connectivity index (χ4v) is 2.21. The first kappa shape index (κ1) is 11.2. The minimum atomic E-state index is 1.05. The van der Waals surface area contributed by atoms with Crippen LogP contribution >= 0.6 is 0 Å². The Kier molecular flexibility index (Phi) is 3.19. The lowest BCUT2D eigenvalue weighted by Crippen LogP contribution is -2.23. The molecule has 1 saturated heterocycles. The minimum Gasteiger partial charge on any atom is -0.316 e. The van der Waals surface area contributed by atoms with Crippen molar-refractivity contribution in [3.8, 4) is 5.69 Å². The highest BCUT2D eigenvalue weighted by atomic mass is 15.4. The highest BCUT2D eigenvalue weighted by Gasteiger charge is 2.08. The second kappa shape index (κ2) is 5.14. The van der Waals surface area contributed by atoms with Gasteiger partial charge in [-0.05, 0) is 44.1 Å². The van der Waals surface area contributed by atoms with Gasteiger partial charge in [0.15, 0.2) is 0 Å². The van der Waals surface area contributed by atoms with Crippen molar-refractivity contribution in [2.45, 2.75) is 12.8 Å². The van der Waals surface area contributed by atoms with Gasteiger partial charge in [0.25, 0.3) is 0 Å². The van der Waals surface area contributed by atoms with Crippen LogP contribution in [0.2, 0.25) is 0 Å². The number of nitrogens with one attached hydrogen (secondary N) is 1. The molecule has 1 aliphatic heterocycles. The molecule has 2 heterocycles. The third-order valence-electron chi connectivity index (χ3n) is 3.17. The molecule has 0 spiro atoms. The maximum Gasteiger partial charge on any atom is 0.0871 e. The highest BCUT2D eigenvalue weighted by Crippen LogP contribution is 2.16. The zero-order valence-corrected chi connectivity index (χ0v) is 10.2. The normalized spacial score (nSPS) is 15.7. The number of aromatic nitrogens is 3. The van der Waals surface area contributed by atoms with Gasteiger partial charge in [-0.25, -0.2) is 4.68 Å². The van der Waals surface area contributed by atoms with E-state index in [1.54, 1.807) is 0 Å². The van der Waals surface area contributed by atoms with E-state index in [9.17, 15) is 0 Å². The third-order valence-corrected chi connectivity index (χ3v) is 3.17. The number of hydrogen-bond acceptors (Lipinski definition) is 3. The van der Waals surface area contributed by atoms with E-state index >= 15 is 0 Å².